The van der Waals surface area contributed by atoms with Crippen molar-refractivity contribution in [1.82, 2.24) is 15.2 Å². The van der Waals surface area contributed by atoms with Gasteiger partial charge in [-0.1, -0.05) is 35.3 Å². The summed E-state index contributed by atoms with van der Waals surface area (Å²) in [5, 5.41) is 4.03. The second kappa shape index (κ2) is 8.41. The van der Waals surface area contributed by atoms with Crippen LogP contribution in [0.4, 0.5) is 4.79 Å². The standard InChI is InChI=1S/C18H19Cl2N3O2/c19-14-5-4-13(16(20)11-14)12-22-18(24)23-9-6-15(7-10-23)25-17-3-1-2-8-21-17/h1-5,8,11,15H,6-7,9-10,12H2,(H,22,24). The molecule has 1 aliphatic heterocycles. The zero-order valence-corrected chi connectivity index (χ0v) is 15.1. The lowest BCUT2D eigenvalue weighted by Crippen LogP contribution is -2.46. The fraction of sp³-hybridized carbons (Fsp3) is 0.333. The van der Waals surface area contributed by atoms with Crippen molar-refractivity contribution in [2.24, 2.45) is 0 Å². The van der Waals surface area contributed by atoms with Crippen LogP contribution in [0.2, 0.25) is 10.0 Å². The highest BCUT2D eigenvalue weighted by molar-refractivity contribution is 6.35. The van der Waals surface area contributed by atoms with Crippen LogP contribution in [0.25, 0.3) is 0 Å². The molecule has 0 atom stereocenters. The number of nitrogens with zero attached hydrogens (tertiary/aromatic N) is 2. The van der Waals surface area contributed by atoms with E-state index in [1.807, 2.05) is 24.3 Å². The highest BCUT2D eigenvalue weighted by atomic mass is 35.5. The molecule has 1 fully saturated rings. The van der Waals surface area contributed by atoms with Gasteiger partial charge in [-0.05, 0) is 23.8 Å². The molecule has 1 N–H and O–H groups in total. The van der Waals surface area contributed by atoms with Gasteiger partial charge in [-0.25, -0.2) is 9.78 Å². The van der Waals surface area contributed by atoms with Gasteiger partial charge in [-0.2, -0.15) is 0 Å². The van der Waals surface area contributed by atoms with E-state index in [2.05, 4.69) is 10.3 Å². The number of hydrogen-bond acceptors (Lipinski definition) is 3. The number of likely N-dealkylation sites (tertiary alicyclic amines) is 1. The van der Waals surface area contributed by atoms with Crippen molar-refractivity contribution in [2.45, 2.75) is 25.5 Å². The number of rotatable bonds is 4. The number of benzene rings is 1. The van der Waals surface area contributed by atoms with Crippen LogP contribution in [0.3, 0.4) is 0 Å². The first-order chi connectivity index (χ1) is 12.1. The molecule has 0 bridgehead atoms. The van der Waals surface area contributed by atoms with Crippen LogP contribution >= 0.6 is 23.2 Å². The Bertz CT molecular complexity index is 720. The van der Waals surface area contributed by atoms with E-state index in [0.29, 0.717) is 35.6 Å². The van der Waals surface area contributed by atoms with Crippen molar-refractivity contribution < 1.29 is 9.53 Å². The molecule has 1 aromatic carbocycles. The number of carbonyl (C=O) groups excluding carboxylic acids is 1. The maximum atomic E-state index is 12.3. The molecule has 1 saturated heterocycles. The summed E-state index contributed by atoms with van der Waals surface area (Å²) in [4.78, 5) is 18.3. The molecule has 132 valence electrons. The minimum atomic E-state index is -0.0951. The van der Waals surface area contributed by atoms with Crippen molar-refractivity contribution in [3.63, 3.8) is 0 Å². The summed E-state index contributed by atoms with van der Waals surface area (Å²) in [5.41, 5.74) is 0.841. The van der Waals surface area contributed by atoms with Crippen LogP contribution < -0.4 is 10.1 Å². The topological polar surface area (TPSA) is 54.5 Å². The van der Waals surface area contributed by atoms with E-state index in [9.17, 15) is 4.79 Å². The molecule has 0 saturated carbocycles. The number of carbonyl (C=O) groups is 1. The van der Waals surface area contributed by atoms with Gasteiger partial charge in [-0.15, -0.1) is 0 Å². The monoisotopic (exact) mass is 379 g/mol. The van der Waals surface area contributed by atoms with Gasteiger partial charge in [0.25, 0.3) is 0 Å². The van der Waals surface area contributed by atoms with Crippen LogP contribution in [-0.4, -0.2) is 35.1 Å². The molecular formula is C18H19Cl2N3O2. The molecule has 0 aliphatic carbocycles. The molecule has 0 radical (unpaired) electrons. The number of hydrogen-bond donors (Lipinski definition) is 1. The Morgan fingerprint density at radius 1 is 1.24 bits per heavy atom. The Hall–Kier alpha value is -1.98. The number of halogens is 2. The van der Waals surface area contributed by atoms with Crippen molar-refractivity contribution in [3.05, 3.63) is 58.2 Å². The zero-order valence-electron chi connectivity index (χ0n) is 13.6. The number of amides is 2. The number of urea groups is 1. The van der Waals surface area contributed by atoms with E-state index >= 15 is 0 Å². The average molecular weight is 380 g/mol. The zero-order chi connectivity index (χ0) is 17.6. The van der Waals surface area contributed by atoms with Gasteiger partial charge in [0.1, 0.15) is 6.10 Å². The average Bonchev–Trinajstić information content (AvgIpc) is 2.62. The molecule has 2 heterocycles. The van der Waals surface area contributed by atoms with Crippen LogP contribution in [-0.2, 0) is 6.54 Å². The summed E-state index contributed by atoms with van der Waals surface area (Å²) in [6.07, 6.45) is 3.36. The third kappa shape index (κ3) is 5.00. The molecular weight excluding hydrogens is 361 g/mol. The van der Waals surface area contributed by atoms with E-state index in [1.165, 1.54) is 0 Å². The first-order valence-corrected chi connectivity index (χ1v) is 8.92. The number of ether oxygens (including phenoxy) is 1. The van der Waals surface area contributed by atoms with Crippen molar-refractivity contribution >= 4 is 29.2 Å². The van der Waals surface area contributed by atoms with Gasteiger partial charge < -0.3 is 15.0 Å². The maximum Gasteiger partial charge on any atom is 0.317 e. The minimum Gasteiger partial charge on any atom is -0.474 e. The van der Waals surface area contributed by atoms with Crippen molar-refractivity contribution in [3.8, 4) is 5.88 Å². The SMILES string of the molecule is O=C(NCc1ccc(Cl)cc1Cl)N1CCC(Oc2ccccn2)CC1. The molecule has 1 aromatic heterocycles. The van der Waals surface area contributed by atoms with Gasteiger partial charge in [0.05, 0.1) is 0 Å². The van der Waals surface area contributed by atoms with Gasteiger partial charge in [0, 0.05) is 54.8 Å². The molecule has 5 nitrogen and oxygen atoms in total. The molecule has 0 unspecified atom stereocenters. The van der Waals surface area contributed by atoms with Crippen LogP contribution in [0.5, 0.6) is 5.88 Å². The summed E-state index contributed by atoms with van der Waals surface area (Å²) in [6.45, 7) is 1.68. The maximum absolute atomic E-state index is 12.3. The third-order valence-electron chi connectivity index (χ3n) is 4.10. The number of pyridine rings is 1. The van der Waals surface area contributed by atoms with Gasteiger partial charge in [0.2, 0.25) is 5.88 Å². The Morgan fingerprint density at radius 3 is 2.72 bits per heavy atom. The van der Waals surface area contributed by atoms with E-state index in [1.54, 1.807) is 23.2 Å². The first-order valence-electron chi connectivity index (χ1n) is 8.16. The van der Waals surface area contributed by atoms with Crippen LogP contribution in [0.15, 0.2) is 42.6 Å². The second-order valence-electron chi connectivity index (χ2n) is 5.87. The predicted octanol–water partition coefficient (Wildman–Crippen LogP) is 4.14. The fourth-order valence-corrected chi connectivity index (χ4v) is 3.19. The summed E-state index contributed by atoms with van der Waals surface area (Å²) in [6, 6.07) is 10.7. The molecule has 2 aromatic rings. The normalized spacial score (nSPS) is 15.0. The predicted molar refractivity (Wildman–Crippen MR) is 98.2 cm³/mol. The van der Waals surface area contributed by atoms with Crippen molar-refractivity contribution in [2.75, 3.05) is 13.1 Å². The Balaban J connectivity index is 1.45. The van der Waals surface area contributed by atoms with Gasteiger partial charge in [0.15, 0.2) is 0 Å². The highest BCUT2D eigenvalue weighted by Gasteiger charge is 2.24. The summed E-state index contributed by atoms with van der Waals surface area (Å²) >= 11 is 12.0. The van der Waals surface area contributed by atoms with Gasteiger partial charge >= 0.3 is 6.03 Å². The van der Waals surface area contributed by atoms with E-state index in [4.69, 9.17) is 27.9 Å². The van der Waals surface area contributed by atoms with E-state index in [-0.39, 0.29) is 12.1 Å². The fourth-order valence-electron chi connectivity index (χ4n) is 2.71. The quantitative estimate of drug-likeness (QED) is 0.868. The van der Waals surface area contributed by atoms with Gasteiger partial charge in [-0.3, -0.25) is 0 Å². The van der Waals surface area contributed by atoms with Crippen LogP contribution in [0, 0.1) is 0 Å². The third-order valence-corrected chi connectivity index (χ3v) is 4.69. The lowest BCUT2D eigenvalue weighted by atomic mass is 10.1. The summed E-state index contributed by atoms with van der Waals surface area (Å²) in [7, 11) is 0. The Morgan fingerprint density at radius 2 is 2.04 bits per heavy atom. The van der Waals surface area contributed by atoms with E-state index in [0.717, 1.165) is 18.4 Å². The Kier molecular flexibility index (Phi) is 6.00. The lowest BCUT2D eigenvalue weighted by molar-refractivity contribution is 0.107. The molecule has 3 rings (SSSR count). The molecule has 25 heavy (non-hydrogen) atoms. The summed E-state index contributed by atoms with van der Waals surface area (Å²) < 4.78 is 5.84. The number of nitrogens with one attached hydrogen (secondary N) is 1. The lowest BCUT2D eigenvalue weighted by Gasteiger charge is -2.32. The highest BCUT2D eigenvalue weighted by Crippen LogP contribution is 2.21. The van der Waals surface area contributed by atoms with E-state index < -0.39 is 0 Å². The summed E-state index contributed by atoms with van der Waals surface area (Å²) in [5.74, 6) is 0.628. The minimum absolute atomic E-state index is 0.0876. The smallest absolute Gasteiger partial charge is 0.317 e. The number of aromatic nitrogens is 1. The first kappa shape index (κ1) is 17.8. The molecule has 2 amide bonds. The largest absolute Gasteiger partial charge is 0.474 e. The molecule has 0 spiro atoms. The molecule has 7 heteroatoms. The number of piperidine rings is 1. The molecule has 1 aliphatic rings. The Labute approximate surface area is 156 Å². The van der Waals surface area contributed by atoms with Crippen LogP contribution in [0.1, 0.15) is 18.4 Å². The van der Waals surface area contributed by atoms with Crippen molar-refractivity contribution in [1.29, 1.82) is 0 Å². The second-order valence-corrected chi connectivity index (χ2v) is 6.71.